The number of carbonyl (C=O) groups is 2. The number of amides is 1. The monoisotopic (exact) mass is 374 g/mol. The van der Waals surface area contributed by atoms with Gasteiger partial charge in [0.05, 0.1) is 22.9 Å². The molecule has 0 saturated carbocycles. The van der Waals surface area contributed by atoms with Gasteiger partial charge >= 0.3 is 5.97 Å². The maximum absolute atomic E-state index is 12.3. The van der Waals surface area contributed by atoms with Gasteiger partial charge in [-0.05, 0) is 24.3 Å². The summed E-state index contributed by atoms with van der Waals surface area (Å²) >= 11 is 0. The third-order valence-electron chi connectivity index (χ3n) is 3.95. The van der Waals surface area contributed by atoms with Gasteiger partial charge in [-0.15, -0.1) is 0 Å². The minimum atomic E-state index is -3.42. The molecule has 8 heteroatoms. The van der Waals surface area contributed by atoms with Crippen LogP contribution in [0.1, 0.15) is 6.92 Å². The van der Waals surface area contributed by atoms with E-state index >= 15 is 0 Å². The summed E-state index contributed by atoms with van der Waals surface area (Å²) in [6.07, 6.45) is 0. The number of benzene rings is 2. The van der Waals surface area contributed by atoms with Gasteiger partial charge in [-0.1, -0.05) is 25.1 Å². The summed E-state index contributed by atoms with van der Waals surface area (Å²) in [4.78, 5) is 25.8. The van der Waals surface area contributed by atoms with Crippen LogP contribution in [0.5, 0.6) is 5.75 Å². The molecule has 136 valence electrons. The summed E-state index contributed by atoms with van der Waals surface area (Å²) < 4.78 is 29.2. The van der Waals surface area contributed by atoms with E-state index in [0.29, 0.717) is 11.4 Å². The smallest absolute Gasteiger partial charge is 0.331 e. The lowest BCUT2D eigenvalue weighted by Gasteiger charge is -2.29. The summed E-state index contributed by atoms with van der Waals surface area (Å²) in [5, 5.41) is 2.75. The van der Waals surface area contributed by atoms with Gasteiger partial charge in [0.15, 0.2) is 15.6 Å². The highest BCUT2D eigenvalue weighted by atomic mass is 32.2. The minimum absolute atomic E-state index is 0.0526. The van der Waals surface area contributed by atoms with Gasteiger partial charge in [-0.25, -0.2) is 13.2 Å². The normalized spacial score (nSPS) is 13.7. The summed E-state index contributed by atoms with van der Waals surface area (Å²) in [5.74, 6) is -0.746. The molecule has 0 aliphatic carbocycles. The Kier molecular flexibility index (Phi) is 4.94. The molecule has 0 fully saturated rings. The fourth-order valence-electron chi connectivity index (χ4n) is 2.63. The fourth-order valence-corrected chi connectivity index (χ4v) is 3.53. The topological polar surface area (TPSA) is 92.8 Å². The minimum Gasteiger partial charge on any atom is -0.423 e. The number of ether oxygens (including phenoxy) is 1. The lowest BCUT2D eigenvalue weighted by Crippen LogP contribution is -2.41. The van der Waals surface area contributed by atoms with Crippen molar-refractivity contribution >= 4 is 33.1 Å². The van der Waals surface area contributed by atoms with Crippen LogP contribution in [-0.4, -0.2) is 39.1 Å². The summed E-state index contributed by atoms with van der Waals surface area (Å²) in [5.41, 5.74) is 1.16. The Morgan fingerprint density at radius 3 is 2.62 bits per heavy atom. The highest BCUT2D eigenvalue weighted by molar-refractivity contribution is 7.91. The second kappa shape index (κ2) is 7.17. The molecule has 2 aromatic carbocycles. The van der Waals surface area contributed by atoms with E-state index in [-0.39, 0.29) is 35.4 Å². The molecule has 0 radical (unpaired) electrons. The van der Waals surface area contributed by atoms with E-state index in [2.05, 4.69) is 5.32 Å². The number of fused-ring (bicyclic) bond motifs is 1. The zero-order chi connectivity index (χ0) is 18.7. The number of carbonyl (C=O) groups excluding carboxylic acids is 2. The molecule has 0 saturated heterocycles. The number of hydrogen-bond donors (Lipinski definition) is 1. The van der Waals surface area contributed by atoms with Crippen molar-refractivity contribution in [1.82, 2.24) is 0 Å². The Balaban J connectivity index is 1.82. The molecule has 0 unspecified atom stereocenters. The third kappa shape index (κ3) is 3.85. The second-order valence-electron chi connectivity index (χ2n) is 5.78. The van der Waals surface area contributed by atoms with E-state index in [1.165, 1.54) is 12.1 Å². The Bertz CT molecular complexity index is 941. The van der Waals surface area contributed by atoms with Crippen LogP contribution in [0.4, 0.5) is 11.4 Å². The molecule has 7 nitrogen and oxygen atoms in total. The Morgan fingerprint density at radius 1 is 1.19 bits per heavy atom. The first kappa shape index (κ1) is 17.9. The Hall–Kier alpha value is -2.87. The van der Waals surface area contributed by atoms with Crippen molar-refractivity contribution in [3.8, 4) is 5.75 Å². The van der Waals surface area contributed by atoms with Gasteiger partial charge < -0.3 is 15.0 Å². The zero-order valence-corrected chi connectivity index (χ0v) is 15.0. The molecular weight excluding hydrogens is 356 g/mol. The molecule has 26 heavy (non-hydrogen) atoms. The van der Waals surface area contributed by atoms with E-state index in [4.69, 9.17) is 4.74 Å². The first-order chi connectivity index (χ1) is 12.4. The molecule has 1 aliphatic rings. The Labute approximate surface area is 151 Å². The van der Waals surface area contributed by atoms with Crippen LogP contribution < -0.4 is 15.0 Å². The molecule has 1 N–H and O–H groups in total. The number of sulfone groups is 1. The van der Waals surface area contributed by atoms with Crippen LogP contribution in [0.2, 0.25) is 0 Å². The average Bonchev–Trinajstić information content (AvgIpc) is 2.61. The quantitative estimate of drug-likeness (QED) is 0.634. The number of nitrogens with one attached hydrogen (secondary N) is 1. The first-order valence-electron chi connectivity index (χ1n) is 8.06. The van der Waals surface area contributed by atoms with E-state index < -0.39 is 15.8 Å². The van der Waals surface area contributed by atoms with E-state index in [1.54, 1.807) is 42.2 Å². The molecule has 1 aliphatic heterocycles. The van der Waals surface area contributed by atoms with E-state index in [1.807, 2.05) is 6.07 Å². The predicted octanol–water partition coefficient (Wildman–Crippen LogP) is 1.84. The summed E-state index contributed by atoms with van der Waals surface area (Å²) in [6, 6.07) is 13.3. The third-order valence-corrected chi connectivity index (χ3v) is 5.68. The predicted molar refractivity (Wildman–Crippen MR) is 97.1 cm³/mol. The maximum atomic E-state index is 12.3. The summed E-state index contributed by atoms with van der Waals surface area (Å²) in [6.45, 7) is 1.40. The van der Waals surface area contributed by atoms with Crippen LogP contribution >= 0.6 is 0 Å². The van der Waals surface area contributed by atoms with Crippen molar-refractivity contribution in [3.05, 3.63) is 48.5 Å². The number of para-hydroxylation sites is 1. The molecule has 2 aromatic rings. The van der Waals surface area contributed by atoms with Gasteiger partial charge in [0.1, 0.15) is 6.54 Å². The number of anilines is 2. The van der Waals surface area contributed by atoms with E-state index in [0.717, 1.165) is 0 Å². The highest BCUT2D eigenvalue weighted by Crippen LogP contribution is 2.34. The summed E-state index contributed by atoms with van der Waals surface area (Å²) in [7, 11) is -3.42. The lowest BCUT2D eigenvalue weighted by atomic mass is 10.2. The van der Waals surface area contributed by atoms with Gasteiger partial charge in [-0.3, -0.25) is 4.79 Å². The van der Waals surface area contributed by atoms with Crippen molar-refractivity contribution in [1.29, 1.82) is 0 Å². The molecule has 0 bridgehead atoms. The van der Waals surface area contributed by atoms with Crippen molar-refractivity contribution < 1.29 is 22.7 Å². The van der Waals surface area contributed by atoms with Gasteiger partial charge in [-0.2, -0.15) is 0 Å². The van der Waals surface area contributed by atoms with Crippen molar-refractivity contribution in [2.24, 2.45) is 0 Å². The molecule has 0 atom stereocenters. The molecule has 3 rings (SSSR count). The fraction of sp³-hybridized carbons (Fsp3) is 0.222. The standard InChI is InChI=1S/C18H18N2O5S/c1-2-26(23,24)14-8-9-15-16(10-14)25-18(22)12-20(15)11-17(21)19-13-6-4-3-5-7-13/h3-10H,2,11-12H2,1H3,(H,19,21). The van der Waals surface area contributed by atoms with Crippen LogP contribution in [0.3, 0.4) is 0 Å². The molecule has 1 heterocycles. The Morgan fingerprint density at radius 2 is 1.92 bits per heavy atom. The van der Waals surface area contributed by atoms with Gasteiger partial charge in [0.25, 0.3) is 0 Å². The average molecular weight is 374 g/mol. The maximum Gasteiger partial charge on any atom is 0.331 e. The first-order valence-corrected chi connectivity index (χ1v) is 9.71. The molecule has 1 amide bonds. The number of nitrogens with zero attached hydrogens (tertiary/aromatic N) is 1. The molecular formula is C18H18N2O5S. The SMILES string of the molecule is CCS(=O)(=O)c1ccc2c(c1)OC(=O)CN2CC(=O)Nc1ccccc1. The number of rotatable bonds is 5. The lowest BCUT2D eigenvalue weighted by molar-refractivity contribution is -0.133. The van der Waals surface area contributed by atoms with Crippen molar-refractivity contribution in [2.45, 2.75) is 11.8 Å². The van der Waals surface area contributed by atoms with Gasteiger partial charge in [0.2, 0.25) is 5.91 Å². The largest absolute Gasteiger partial charge is 0.423 e. The van der Waals surface area contributed by atoms with Crippen LogP contribution in [0.25, 0.3) is 0 Å². The molecule has 0 spiro atoms. The van der Waals surface area contributed by atoms with E-state index in [9.17, 15) is 18.0 Å². The molecule has 0 aromatic heterocycles. The second-order valence-corrected chi connectivity index (χ2v) is 8.06. The van der Waals surface area contributed by atoms with Crippen molar-refractivity contribution in [2.75, 3.05) is 29.1 Å². The van der Waals surface area contributed by atoms with Crippen LogP contribution in [-0.2, 0) is 19.4 Å². The zero-order valence-electron chi connectivity index (χ0n) is 14.1. The highest BCUT2D eigenvalue weighted by Gasteiger charge is 2.27. The van der Waals surface area contributed by atoms with Crippen molar-refractivity contribution in [3.63, 3.8) is 0 Å². The number of esters is 1. The number of hydrogen-bond acceptors (Lipinski definition) is 6. The van der Waals surface area contributed by atoms with Crippen LogP contribution in [0.15, 0.2) is 53.4 Å². The van der Waals surface area contributed by atoms with Gasteiger partial charge in [0, 0.05) is 11.8 Å². The van der Waals surface area contributed by atoms with Crippen LogP contribution in [0, 0.1) is 0 Å².